The molecular formula is C33H25F2N3O4. The molecule has 0 atom stereocenters. The lowest BCUT2D eigenvalue weighted by molar-refractivity contribution is -0.133. The number of nitrogens with zero attached hydrogens (tertiary/aromatic N) is 2. The third-order valence-corrected chi connectivity index (χ3v) is 7.24. The standard InChI is InChI=1S/C33H25F2N3O4/c34-22-6-8-23(9-7-22)38(32(40)33(15-16-33)31(36)39)24-10-13-30(27(35)18-24)42-29-14-17-37-28-19-25(11-12-26(28)29)41-20-21-4-2-1-3-5-21/h1-14,17-19H,15-16,20H2,(H2,36,39). The number of carbonyl (C=O) groups excluding carboxylic acids is 2. The molecule has 1 fully saturated rings. The number of fused-ring (bicyclic) bond motifs is 1. The summed E-state index contributed by atoms with van der Waals surface area (Å²) in [6, 6.07) is 25.9. The number of anilines is 2. The summed E-state index contributed by atoms with van der Waals surface area (Å²) in [5, 5.41) is 0.647. The van der Waals surface area contributed by atoms with Gasteiger partial charge in [0.25, 0.3) is 0 Å². The van der Waals surface area contributed by atoms with Crippen LogP contribution in [0.25, 0.3) is 10.9 Å². The Morgan fingerprint density at radius 2 is 1.60 bits per heavy atom. The van der Waals surface area contributed by atoms with Crippen LogP contribution in [0.2, 0.25) is 0 Å². The summed E-state index contributed by atoms with van der Waals surface area (Å²) in [4.78, 5) is 31.2. The van der Waals surface area contributed by atoms with E-state index >= 15 is 4.39 Å². The normalized spacial score (nSPS) is 13.4. The molecule has 0 aliphatic heterocycles. The summed E-state index contributed by atoms with van der Waals surface area (Å²) in [6.07, 6.45) is 2.13. The van der Waals surface area contributed by atoms with E-state index in [4.69, 9.17) is 15.2 Å². The number of rotatable bonds is 9. The molecular weight excluding hydrogens is 540 g/mol. The van der Waals surface area contributed by atoms with E-state index in [1.54, 1.807) is 30.5 Å². The van der Waals surface area contributed by atoms with Crippen LogP contribution in [0.1, 0.15) is 18.4 Å². The zero-order valence-corrected chi connectivity index (χ0v) is 22.3. The maximum Gasteiger partial charge on any atom is 0.247 e. The predicted molar refractivity (Wildman–Crippen MR) is 153 cm³/mol. The number of carbonyl (C=O) groups is 2. The molecule has 0 radical (unpaired) electrons. The molecule has 6 rings (SSSR count). The SMILES string of the molecule is NC(=O)C1(C(=O)N(c2ccc(F)cc2)c2ccc(Oc3ccnc4cc(OCc5ccccc5)ccc34)c(F)c2)CC1. The van der Waals surface area contributed by atoms with Crippen molar-refractivity contribution in [1.29, 1.82) is 0 Å². The van der Waals surface area contributed by atoms with Crippen LogP contribution in [-0.4, -0.2) is 16.8 Å². The van der Waals surface area contributed by atoms with Crippen molar-refractivity contribution < 1.29 is 27.8 Å². The molecule has 9 heteroatoms. The van der Waals surface area contributed by atoms with E-state index in [1.807, 2.05) is 30.3 Å². The fourth-order valence-corrected chi connectivity index (χ4v) is 4.73. The first-order chi connectivity index (χ1) is 20.3. The fourth-order valence-electron chi connectivity index (χ4n) is 4.73. The maximum absolute atomic E-state index is 15.5. The molecule has 1 saturated carbocycles. The average Bonchev–Trinajstić information content (AvgIpc) is 3.82. The Kier molecular flexibility index (Phi) is 7.00. The predicted octanol–water partition coefficient (Wildman–Crippen LogP) is 6.81. The molecule has 2 amide bonds. The third-order valence-electron chi connectivity index (χ3n) is 7.24. The van der Waals surface area contributed by atoms with Gasteiger partial charge in [0.15, 0.2) is 11.6 Å². The number of aromatic nitrogens is 1. The molecule has 4 aromatic carbocycles. The Morgan fingerprint density at radius 3 is 2.29 bits per heavy atom. The van der Waals surface area contributed by atoms with Gasteiger partial charge in [-0.1, -0.05) is 30.3 Å². The zero-order valence-electron chi connectivity index (χ0n) is 22.3. The second-order valence-corrected chi connectivity index (χ2v) is 10.0. The molecule has 7 nitrogen and oxygen atoms in total. The lowest BCUT2D eigenvalue weighted by Gasteiger charge is -2.26. The van der Waals surface area contributed by atoms with Crippen molar-refractivity contribution in [2.75, 3.05) is 4.90 Å². The Bertz CT molecular complexity index is 1790. The minimum Gasteiger partial charge on any atom is -0.489 e. The van der Waals surface area contributed by atoms with Crippen molar-refractivity contribution in [3.05, 3.63) is 120 Å². The highest BCUT2D eigenvalue weighted by molar-refractivity contribution is 6.16. The second kappa shape index (κ2) is 10.9. The van der Waals surface area contributed by atoms with Crippen LogP contribution in [0.4, 0.5) is 20.2 Å². The van der Waals surface area contributed by atoms with Crippen LogP contribution in [0, 0.1) is 17.0 Å². The number of pyridine rings is 1. The van der Waals surface area contributed by atoms with Gasteiger partial charge in [0, 0.05) is 29.4 Å². The maximum atomic E-state index is 15.5. The smallest absolute Gasteiger partial charge is 0.247 e. The van der Waals surface area contributed by atoms with E-state index in [0.717, 1.165) is 11.6 Å². The highest BCUT2D eigenvalue weighted by Crippen LogP contribution is 2.49. The molecule has 5 aromatic rings. The van der Waals surface area contributed by atoms with Gasteiger partial charge in [-0.2, -0.15) is 0 Å². The van der Waals surface area contributed by atoms with Gasteiger partial charge in [-0.3, -0.25) is 19.5 Å². The molecule has 0 bridgehead atoms. The van der Waals surface area contributed by atoms with Gasteiger partial charge in [-0.15, -0.1) is 0 Å². The molecule has 0 saturated heterocycles. The molecule has 2 N–H and O–H groups in total. The number of primary amides is 1. The van der Waals surface area contributed by atoms with Crippen molar-refractivity contribution in [3.8, 4) is 17.2 Å². The van der Waals surface area contributed by atoms with Crippen LogP contribution in [0.5, 0.6) is 17.2 Å². The third kappa shape index (κ3) is 5.24. The van der Waals surface area contributed by atoms with Crippen LogP contribution < -0.4 is 20.1 Å². The van der Waals surface area contributed by atoms with Gasteiger partial charge in [0.1, 0.15) is 29.3 Å². The Balaban J connectivity index is 1.27. The number of halogens is 2. The topological polar surface area (TPSA) is 94.8 Å². The Hall–Kier alpha value is -5.31. The molecule has 210 valence electrons. The summed E-state index contributed by atoms with van der Waals surface area (Å²) in [5.74, 6) is -1.68. The number of nitrogens with two attached hydrogens (primary N) is 1. The number of hydrogen-bond donors (Lipinski definition) is 1. The van der Waals surface area contributed by atoms with E-state index < -0.39 is 28.9 Å². The molecule has 1 heterocycles. The van der Waals surface area contributed by atoms with Crippen molar-refractivity contribution in [1.82, 2.24) is 4.98 Å². The van der Waals surface area contributed by atoms with E-state index in [1.165, 1.54) is 41.3 Å². The number of ether oxygens (including phenoxy) is 2. The molecule has 1 aliphatic carbocycles. The Labute approximate surface area is 240 Å². The molecule has 1 aromatic heterocycles. The monoisotopic (exact) mass is 565 g/mol. The van der Waals surface area contributed by atoms with Crippen molar-refractivity contribution in [3.63, 3.8) is 0 Å². The molecule has 1 aliphatic rings. The van der Waals surface area contributed by atoms with Crippen LogP contribution in [-0.2, 0) is 16.2 Å². The fraction of sp³-hybridized carbons (Fsp3) is 0.121. The van der Waals surface area contributed by atoms with Crippen LogP contribution >= 0.6 is 0 Å². The molecule has 0 unspecified atom stereocenters. The highest BCUT2D eigenvalue weighted by Gasteiger charge is 2.57. The summed E-state index contributed by atoms with van der Waals surface area (Å²) in [7, 11) is 0. The minimum atomic E-state index is -1.38. The van der Waals surface area contributed by atoms with Crippen LogP contribution in [0.3, 0.4) is 0 Å². The number of hydrogen-bond acceptors (Lipinski definition) is 5. The first kappa shape index (κ1) is 26.9. The quantitative estimate of drug-likeness (QED) is 0.198. The minimum absolute atomic E-state index is 0.0850. The summed E-state index contributed by atoms with van der Waals surface area (Å²) < 4.78 is 41.0. The lowest BCUT2D eigenvalue weighted by Crippen LogP contribution is -2.41. The van der Waals surface area contributed by atoms with Gasteiger partial charge < -0.3 is 15.2 Å². The summed E-state index contributed by atoms with van der Waals surface area (Å²) >= 11 is 0. The zero-order chi connectivity index (χ0) is 29.3. The van der Waals surface area contributed by atoms with Crippen molar-refractivity contribution >= 4 is 34.1 Å². The van der Waals surface area contributed by atoms with E-state index in [0.29, 0.717) is 29.0 Å². The van der Waals surface area contributed by atoms with E-state index in [2.05, 4.69) is 4.98 Å². The average molecular weight is 566 g/mol. The first-order valence-corrected chi connectivity index (χ1v) is 13.3. The van der Waals surface area contributed by atoms with Gasteiger partial charge in [-0.25, -0.2) is 8.78 Å². The lowest BCUT2D eigenvalue weighted by atomic mass is 10.0. The van der Waals surface area contributed by atoms with Gasteiger partial charge >= 0.3 is 0 Å². The first-order valence-electron chi connectivity index (χ1n) is 13.3. The highest BCUT2D eigenvalue weighted by atomic mass is 19.1. The summed E-state index contributed by atoms with van der Waals surface area (Å²) in [6.45, 7) is 0.401. The summed E-state index contributed by atoms with van der Waals surface area (Å²) in [5.41, 5.74) is 6.21. The van der Waals surface area contributed by atoms with Gasteiger partial charge in [0.05, 0.1) is 11.2 Å². The number of amides is 2. The largest absolute Gasteiger partial charge is 0.489 e. The van der Waals surface area contributed by atoms with Crippen LogP contribution in [0.15, 0.2) is 103 Å². The molecule has 0 spiro atoms. The van der Waals surface area contributed by atoms with Crippen molar-refractivity contribution in [2.24, 2.45) is 11.1 Å². The second-order valence-electron chi connectivity index (χ2n) is 10.0. The van der Waals surface area contributed by atoms with Gasteiger partial charge in [-0.05, 0) is 73.0 Å². The van der Waals surface area contributed by atoms with E-state index in [-0.39, 0.29) is 30.0 Å². The Morgan fingerprint density at radius 1 is 0.857 bits per heavy atom. The van der Waals surface area contributed by atoms with Gasteiger partial charge in [0.2, 0.25) is 11.8 Å². The molecule has 42 heavy (non-hydrogen) atoms. The van der Waals surface area contributed by atoms with Crippen molar-refractivity contribution in [2.45, 2.75) is 19.4 Å². The number of benzene rings is 4. The van der Waals surface area contributed by atoms with E-state index in [9.17, 15) is 14.0 Å².